The largest absolute Gasteiger partial charge is 0.472 e. The first-order valence-corrected chi connectivity index (χ1v) is 47.2. The lowest BCUT2D eigenvalue weighted by atomic mass is 9.99. The van der Waals surface area contributed by atoms with Crippen LogP contribution in [0.4, 0.5) is 0 Å². The van der Waals surface area contributed by atoms with Crippen molar-refractivity contribution in [2.75, 3.05) is 39.6 Å². The summed E-state index contributed by atoms with van der Waals surface area (Å²) in [6.45, 7) is 14.4. The minimum absolute atomic E-state index is 0.107. The molecule has 0 aromatic carbocycles. The van der Waals surface area contributed by atoms with E-state index in [1.807, 2.05) is 0 Å². The van der Waals surface area contributed by atoms with Gasteiger partial charge < -0.3 is 33.8 Å². The number of hydrogen-bond acceptors (Lipinski definition) is 15. The van der Waals surface area contributed by atoms with Crippen LogP contribution in [0.2, 0.25) is 0 Å². The van der Waals surface area contributed by atoms with Crippen molar-refractivity contribution in [1.82, 2.24) is 0 Å². The quantitative estimate of drug-likeness (QED) is 0.0222. The van der Waals surface area contributed by atoms with Crippen molar-refractivity contribution in [3.63, 3.8) is 0 Å². The van der Waals surface area contributed by atoms with Gasteiger partial charge in [0.15, 0.2) is 12.2 Å². The van der Waals surface area contributed by atoms with Crippen LogP contribution in [-0.4, -0.2) is 96.7 Å². The van der Waals surface area contributed by atoms with Crippen molar-refractivity contribution in [1.29, 1.82) is 0 Å². The average Bonchev–Trinajstić information content (AvgIpc) is 0.905. The molecule has 0 radical (unpaired) electrons. The van der Waals surface area contributed by atoms with Gasteiger partial charge in [-0.2, -0.15) is 0 Å². The molecule has 0 aliphatic rings. The van der Waals surface area contributed by atoms with Crippen LogP contribution < -0.4 is 0 Å². The zero-order valence-corrected chi connectivity index (χ0v) is 71.2. The van der Waals surface area contributed by atoms with E-state index in [0.29, 0.717) is 25.7 Å². The molecular formula is C86H168O17P2. The third-order valence-corrected chi connectivity index (χ3v) is 22.3. The number of carbonyl (C=O) groups excluding carboxylic acids is 4. The Morgan fingerprint density at radius 3 is 0.676 bits per heavy atom. The number of esters is 4. The fourth-order valence-corrected chi connectivity index (χ4v) is 14.9. The Labute approximate surface area is 645 Å². The van der Waals surface area contributed by atoms with Crippen molar-refractivity contribution < 1.29 is 80.2 Å². The summed E-state index contributed by atoms with van der Waals surface area (Å²) < 4.78 is 68.9. The van der Waals surface area contributed by atoms with E-state index in [1.54, 1.807) is 0 Å². The third kappa shape index (κ3) is 78.5. The molecule has 3 N–H and O–H groups in total. The van der Waals surface area contributed by atoms with Gasteiger partial charge in [0, 0.05) is 25.7 Å². The second-order valence-corrected chi connectivity index (χ2v) is 35.5. The molecule has 0 saturated heterocycles. The molecule has 0 rings (SSSR count). The van der Waals surface area contributed by atoms with E-state index in [4.69, 9.17) is 37.0 Å². The maximum atomic E-state index is 13.1. The van der Waals surface area contributed by atoms with Gasteiger partial charge in [0.25, 0.3) is 0 Å². The van der Waals surface area contributed by atoms with Crippen LogP contribution in [0.3, 0.4) is 0 Å². The van der Waals surface area contributed by atoms with Crippen LogP contribution in [0.1, 0.15) is 447 Å². The third-order valence-electron chi connectivity index (χ3n) is 20.4. The fraction of sp³-hybridized carbons (Fsp3) is 0.953. The molecule has 105 heavy (non-hydrogen) atoms. The van der Waals surface area contributed by atoms with Gasteiger partial charge in [0.2, 0.25) is 0 Å². The summed E-state index contributed by atoms with van der Waals surface area (Å²) in [5.74, 6) is 1.07. The van der Waals surface area contributed by atoms with Gasteiger partial charge in [-0.1, -0.05) is 396 Å². The Hall–Kier alpha value is -1.94. The summed E-state index contributed by atoms with van der Waals surface area (Å²) in [6, 6.07) is 0. The normalized spacial score (nSPS) is 14.2. The topological polar surface area (TPSA) is 237 Å². The van der Waals surface area contributed by atoms with Gasteiger partial charge in [0.1, 0.15) is 19.3 Å². The molecule has 0 amide bonds. The summed E-state index contributed by atoms with van der Waals surface area (Å²) in [6.07, 6.45) is 63.7. The number of ether oxygens (including phenoxy) is 4. The van der Waals surface area contributed by atoms with Crippen molar-refractivity contribution in [3.8, 4) is 0 Å². The molecule has 0 aromatic rings. The number of carbonyl (C=O) groups is 4. The van der Waals surface area contributed by atoms with Crippen molar-refractivity contribution in [3.05, 3.63) is 0 Å². The van der Waals surface area contributed by atoms with Gasteiger partial charge in [-0.25, -0.2) is 9.13 Å². The van der Waals surface area contributed by atoms with E-state index in [1.165, 1.54) is 250 Å². The van der Waals surface area contributed by atoms with Crippen LogP contribution in [-0.2, 0) is 65.4 Å². The van der Waals surface area contributed by atoms with Crippen molar-refractivity contribution >= 4 is 39.5 Å². The maximum absolute atomic E-state index is 13.1. The zero-order valence-electron chi connectivity index (χ0n) is 69.4. The highest BCUT2D eigenvalue weighted by Gasteiger charge is 2.31. The van der Waals surface area contributed by atoms with E-state index in [9.17, 15) is 43.2 Å². The van der Waals surface area contributed by atoms with Crippen molar-refractivity contribution in [2.45, 2.75) is 465 Å². The molecule has 3 unspecified atom stereocenters. The summed E-state index contributed by atoms with van der Waals surface area (Å²) in [7, 11) is -9.93. The Balaban J connectivity index is 5.27. The maximum Gasteiger partial charge on any atom is 0.472 e. The lowest BCUT2D eigenvalue weighted by Crippen LogP contribution is -2.30. The van der Waals surface area contributed by atoms with Gasteiger partial charge in [-0.05, 0) is 49.4 Å². The first-order valence-electron chi connectivity index (χ1n) is 44.2. The molecule has 6 atom stereocenters. The number of hydrogen-bond donors (Lipinski definition) is 3. The number of rotatable bonds is 83. The first-order chi connectivity index (χ1) is 50.6. The van der Waals surface area contributed by atoms with E-state index in [-0.39, 0.29) is 25.7 Å². The van der Waals surface area contributed by atoms with Crippen molar-refractivity contribution in [2.24, 2.45) is 23.7 Å². The Bertz CT molecular complexity index is 2040. The number of aliphatic hydroxyl groups excluding tert-OH is 1. The minimum atomic E-state index is -4.97. The fourth-order valence-electron chi connectivity index (χ4n) is 13.3. The average molecular weight is 1540 g/mol. The van der Waals surface area contributed by atoms with E-state index in [0.717, 1.165) is 114 Å². The molecule has 0 heterocycles. The number of unbranched alkanes of at least 4 members (excludes halogenated alkanes) is 48. The highest BCUT2D eigenvalue weighted by Crippen LogP contribution is 2.45. The molecule has 0 aliphatic heterocycles. The highest BCUT2D eigenvalue weighted by atomic mass is 31.2. The molecule has 624 valence electrons. The highest BCUT2D eigenvalue weighted by molar-refractivity contribution is 7.47. The second kappa shape index (κ2) is 74.8. The Kier molecular flexibility index (Phi) is 73.4. The molecule has 17 nitrogen and oxygen atoms in total. The number of phosphoric acid groups is 2. The van der Waals surface area contributed by atoms with E-state index < -0.39 is 97.5 Å². The monoisotopic (exact) mass is 1540 g/mol. The summed E-state index contributed by atoms with van der Waals surface area (Å²) in [4.78, 5) is 73.3. The van der Waals surface area contributed by atoms with Crippen LogP contribution >= 0.6 is 15.6 Å². The lowest BCUT2D eigenvalue weighted by molar-refractivity contribution is -0.161. The minimum Gasteiger partial charge on any atom is -0.462 e. The smallest absolute Gasteiger partial charge is 0.462 e. The molecule has 0 saturated carbocycles. The molecule has 0 aromatic heterocycles. The van der Waals surface area contributed by atoms with Gasteiger partial charge in [-0.15, -0.1) is 0 Å². The summed E-state index contributed by atoms with van der Waals surface area (Å²) in [5, 5.41) is 10.7. The molecular weight excluding hydrogens is 1370 g/mol. The summed E-state index contributed by atoms with van der Waals surface area (Å²) in [5.41, 5.74) is 0. The lowest BCUT2D eigenvalue weighted by Gasteiger charge is -2.21. The van der Waals surface area contributed by atoms with Crippen LogP contribution in [0, 0.1) is 23.7 Å². The predicted molar refractivity (Wildman–Crippen MR) is 432 cm³/mol. The molecule has 0 spiro atoms. The summed E-state index contributed by atoms with van der Waals surface area (Å²) >= 11 is 0. The first kappa shape index (κ1) is 103. The Morgan fingerprint density at radius 2 is 0.457 bits per heavy atom. The number of aliphatic hydroxyl groups is 1. The molecule has 0 fully saturated rings. The SMILES string of the molecule is CCC(C)CCCCCCCCCCC(=O)OC[C@H](COP(=O)(O)OC[C@H](O)COP(=O)(O)OC[C@@H](COC(=O)CCCCCCCCCCCCCCCCC(C)C)OC(=O)CCCCCCCCCCCCCCCCCCC(C)C)OC(=O)CCCCCCCCCCCCCCCCC(C)C. The van der Waals surface area contributed by atoms with Gasteiger partial charge in [-0.3, -0.25) is 37.3 Å². The van der Waals surface area contributed by atoms with Gasteiger partial charge >= 0.3 is 39.5 Å². The molecule has 0 aliphatic carbocycles. The van der Waals surface area contributed by atoms with Crippen LogP contribution in [0.25, 0.3) is 0 Å². The standard InChI is InChI=1S/C86H168O17P2/c1-9-79(8)65-57-49-41-36-37-43-51-59-67-84(89)97-73-82(103-86(91)69-61-53-45-35-29-23-17-15-20-26-32-40-48-56-64-78(6)7)75-101-105(94,95)99-71-80(87)70-98-104(92,93)100-74-81(72-96-83(88)66-58-50-42-33-27-21-16-14-19-25-31-39-47-55-63-77(4)5)102-85(90)68-60-52-44-34-28-22-13-11-10-12-18-24-30-38-46-54-62-76(2)3/h76-82,87H,9-75H2,1-8H3,(H,92,93)(H,94,95)/t79?,80-,81-,82-/m1/s1. The van der Waals surface area contributed by atoms with E-state index in [2.05, 4.69) is 55.4 Å². The number of phosphoric ester groups is 2. The van der Waals surface area contributed by atoms with Crippen LogP contribution in [0.5, 0.6) is 0 Å². The zero-order chi connectivity index (χ0) is 77.4. The second-order valence-electron chi connectivity index (χ2n) is 32.6. The van der Waals surface area contributed by atoms with Gasteiger partial charge in [0.05, 0.1) is 26.4 Å². The van der Waals surface area contributed by atoms with Crippen LogP contribution in [0.15, 0.2) is 0 Å². The molecule has 0 bridgehead atoms. The molecule has 19 heteroatoms. The van der Waals surface area contributed by atoms with E-state index >= 15 is 0 Å². The predicted octanol–water partition coefficient (Wildman–Crippen LogP) is 25.9. The Morgan fingerprint density at radius 1 is 0.267 bits per heavy atom.